The molecule has 2 fully saturated rings. The van der Waals surface area contributed by atoms with Crippen molar-refractivity contribution < 1.29 is 27.6 Å². The molecule has 0 bridgehead atoms. The van der Waals surface area contributed by atoms with Crippen molar-refractivity contribution >= 4 is 17.8 Å². The zero-order valence-electron chi connectivity index (χ0n) is 16.3. The number of carbonyl (C=O) groups is 3. The lowest BCUT2D eigenvalue weighted by Crippen LogP contribution is -2.54. The van der Waals surface area contributed by atoms with Crippen molar-refractivity contribution in [3.05, 3.63) is 35.4 Å². The number of halogens is 3. The Morgan fingerprint density at radius 3 is 2.52 bits per heavy atom. The van der Waals surface area contributed by atoms with Crippen molar-refractivity contribution in [3.63, 3.8) is 0 Å². The van der Waals surface area contributed by atoms with Crippen LogP contribution in [0.25, 0.3) is 0 Å². The fourth-order valence-electron chi connectivity index (χ4n) is 4.11. The minimum Gasteiger partial charge on any atom is -0.348 e. The van der Waals surface area contributed by atoms with Crippen molar-refractivity contribution in [2.75, 3.05) is 6.54 Å². The van der Waals surface area contributed by atoms with Crippen LogP contribution in [-0.2, 0) is 15.8 Å². The zero-order chi connectivity index (χ0) is 21.4. The van der Waals surface area contributed by atoms with Crippen molar-refractivity contribution in [1.29, 1.82) is 0 Å². The fraction of sp³-hybridized carbons (Fsp3) is 0.550. The Bertz CT molecular complexity index is 809. The van der Waals surface area contributed by atoms with Gasteiger partial charge in [0, 0.05) is 0 Å². The number of rotatable bonds is 4. The predicted molar refractivity (Wildman–Crippen MR) is 98.6 cm³/mol. The molecule has 3 atom stereocenters. The molecule has 2 N–H and O–H groups in total. The molecule has 3 rings (SSSR count). The van der Waals surface area contributed by atoms with Gasteiger partial charge in [-0.1, -0.05) is 31.9 Å². The van der Waals surface area contributed by atoms with E-state index < -0.39 is 41.8 Å². The van der Waals surface area contributed by atoms with Gasteiger partial charge in [-0.15, -0.1) is 0 Å². The maximum atomic E-state index is 12.9. The Labute approximate surface area is 166 Å². The third kappa shape index (κ3) is 4.09. The van der Waals surface area contributed by atoms with E-state index in [1.54, 1.807) is 6.92 Å². The van der Waals surface area contributed by atoms with E-state index in [1.807, 2.05) is 6.92 Å². The van der Waals surface area contributed by atoms with Gasteiger partial charge in [0.15, 0.2) is 0 Å². The highest BCUT2D eigenvalue weighted by Crippen LogP contribution is 2.38. The minimum absolute atomic E-state index is 0.00756. The van der Waals surface area contributed by atoms with Crippen LogP contribution in [0.2, 0.25) is 0 Å². The molecule has 29 heavy (non-hydrogen) atoms. The Hall–Kier alpha value is -2.58. The molecular weight excluding hydrogens is 387 g/mol. The van der Waals surface area contributed by atoms with Gasteiger partial charge in [0.25, 0.3) is 5.91 Å². The molecule has 0 aromatic heterocycles. The molecule has 1 aliphatic heterocycles. The number of urea groups is 1. The molecule has 1 saturated carbocycles. The summed E-state index contributed by atoms with van der Waals surface area (Å²) in [4.78, 5) is 38.5. The van der Waals surface area contributed by atoms with E-state index in [0.717, 1.165) is 36.3 Å². The van der Waals surface area contributed by atoms with E-state index in [-0.39, 0.29) is 11.8 Å². The summed E-state index contributed by atoms with van der Waals surface area (Å²) >= 11 is 0. The summed E-state index contributed by atoms with van der Waals surface area (Å²) in [5.41, 5.74) is -1.22. The van der Waals surface area contributed by atoms with Crippen molar-refractivity contribution in [3.8, 4) is 0 Å². The van der Waals surface area contributed by atoms with Gasteiger partial charge in [0.05, 0.1) is 11.6 Å². The molecule has 158 valence electrons. The molecule has 1 spiro atoms. The largest absolute Gasteiger partial charge is 0.416 e. The standard InChI is InChI=1S/C20H24F3N3O3/c1-12-5-3-4-10-19(12)17(28)26(18(29)25-19)11-16(27)24-13(2)14-6-8-15(9-7-14)20(21,22)23/h6-9,12-13H,3-5,10-11H2,1-2H3,(H,24,27)(H,25,29). The predicted octanol–water partition coefficient (Wildman–Crippen LogP) is 3.38. The molecule has 9 heteroatoms. The zero-order valence-corrected chi connectivity index (χ0v) is 16.3. The topological polar surface area (TPSA) is 78.5 Å². The lowest BCUT2D eigenvalue weighted by Gasteiger charge is -2.36. The summed E-state index contributed by atoms with van der Waals surface area (Å²) in [6.07, 6.45) is -1.21. The van der Waals surface area contributed by atoms with Gasteiger partial charge in [-0.2, -0.15) is 13.2 Å². The number of hydrogen-bond acceptors (Lipinski definition) is 3. The molecule has 2 aliphatic rings. The van der Waals surface area contributed by atoms with E-state index in [9.17, 15) is 27.6 Å². The molecule has 3 unspecified atom stereocenters. The lowest BCUT2D eigenvalue weighted by atomic mass is 9.73. The summed E-state index contributed by atoms with van der Waals surface area (Å²) in [6, 6.07) is 3.32. The molecule has 0 radical (unpaired) electrons. The normalized spacial score (nSPS) is 25.8. The first-order valence-electron chi connectivity index (χ1n) is 9.65. The van der Waals surface area contributed by atoms with Gasteiger partial charge >= 0.3 is 12.2 Å². The van der Waals surface area contributed by atoms with Crippen molar-refractivity contribution in [2.24, 2.45) is 5.92 Å². The monoisotopic (exact) mass is 411 g/mol. The number of hydrogen-bond donors (Lipinski definition) is 2. The molecule has 1 aromatic carbocycles. The number of benzene rings is 1. The van der Waals surface area contributed by atoms with Crippen LogP contribution in [0.1, 0.15) is 56.7 Å². The quantitative estimate of drug-likeness (QED) is 0.746. The van der Waals surface area contributed by atoms with Gasteiger partial charge in [0.2, 0.25) is 5.91 Å². The Morgan fingerprint density at radius 1 is 1.28 bits per heavy atom. The molecular formula is C20H24F3N3O3. The van der Waals surface area contributed by atoms with Crippen molar-refractivity contribution in [2.45, 2.75) is 57.3 Å². The van der Waals surface area contributed by atoms with Gasteiger partial charge < -0.3 is 10.6 Å². The van der Waals surface area contributed by atoms with E-state index in [0.29, 0.717) is 12.0 Å². The van der Waals surface area contributed by atoms with Crippen molar-refractivity contribution in [1.82, 2.24) is 15.5 Å². The molecule has 6 nitrogen and oxygen atoms in total. The Kier molecular flexibility index (Phi) is 5.60. The average Bonchev–Trinajstić information content (AvgIpc) is 2.88. The summed E-state index contributed by atoms with van der Waals surface area (Å²) in [5, 5.41) is 5.41. The highest BCUT2D eigenvalue weighted by atomic mass is 19.4. The highest BCUT2D eigenvalue weighted by Gasteiger charge is 2.55. The molecule has 4 amide bonds. The second kappa shape index (κ2) is 7.68. The maximum Gasteiger partial charge on any atom is 0.416 e. The summed E-state index contributed by atoms with van der Waals surface area (Å²) < 4.78 is 38.0. The number of alkyl halides is 3. The molecule has 1 aliphatic carbocycles. The van der Waals surface area contributed by atoms with Crippen LogP contribution < -0.4 is 10.6 Å². The smallest absolute Gasteiger partial charge is 0.348 e. The third-order valence-corrected chi connectivity index (χ3v) is 5.92. The lowest BCUT2D eigenvalue weighted by molar-refractivity contribution is -0.137. The summed E-state index contributed by atoms with van der Waals surface area (Å²) in [5.74, 6) is -0.944. The van der Waals surface area contributed by atoms with E-state index >= 15 is 0 Å². The van der Waals surface area contributed by atoms with Crippen LogP contribution in [0, 0.1) is 5.92 Å². The average molecular weight is 411 g/mol. The Morgan fingerprint density at radius 2 is 1.93 bits per heavy atom. The van der Waals surface area contributed by atoms with E-state index in [2.05, 4.69) is 10.6 Å². The second-order valence-corrected chi connectivity index (χ2v) is 7.85. The number of amides is 4. The first-order valence-corrected chi connectivity index (χ1v) is 9.65. The summed E-state index contributed by atoms with van der Waals surface area (Å²) in [7, 11) is 0. The van der Waals surface area contributed by atoms with Crippen LogP contribution in [-0.4, -0.2) is 34.8 Å². The van der Waals surface area contributed by atoms with Gasteiger partial charge in [-0.05, 0) is 43.4 Å². The number of nitrogens with one attached hydrogen (secondary N) is 2. The summed E-state index contributed by atoms with van der Waals surface area (Å²) in [6.45, 7) is 3.12. The molecule has 1 saturated heterocycles. The first-order chi connectivity index (χ1) is 13.5. The van der Waals surface area contributed by atoms with Gasteiger partial charge in [-0.3, -0.25) is 14.5 Å². The number of imide groups is 1. The third-order valence-electron chi connectivity index (χ3n) is 5.92. The van der Waals surface area contributed by atoms with Gasteiger partial charge in [-0.25, -0.2) is 4.79 Å². The first kappa shape index (κ1) is 21.1. The van der Waals surface area contributed by atoms with E-state index in [1.165, 1.54) is 12.1 Å². The molecule has 1 aromatic rings. The van der Waals surface area contributed by atoms with Crippen LogP contribution in [0.3, 0.4) is 0 Å². The van der Waals surface area contributed by atoms with Crippen LogP contribution in [0.5, 0.6) is 0 Å². The molecule has 1 heterocycles. The number of nitrogens with zero attached hydrogens (tertiary/aromatic N) is 1. The minimum atomic E-state index is -4.43. The highest BCUT2D eigenvalue weighted by molar-refractivity contribution is 6.09. The Balaban J connectivity index is 1.63. The maximum absolute atomic E-state index is 12.9. The SMILES string of the molecule is CC(NC(=O)CN1C(=O)NC2(CCCCC2C)C1=O)c1ccc(C(F)(F)F)cc1. The fourth-order valence-corrected chi connectivity index (χ4v) is 4.11. The van der Waals surface area contributed by atoms with Crippen LogP contribution in [0.15, 0.2) is 24.3 Å². The van der Waals surface area contributed by atoms with Crippen LogP contribution >= 0.6 is 0 Å². The van der Waals surface area contributed by atoms with Crippen LogP contribution in [0.4, 0.5) is 18.0 Å². The second-order valence-electron chi connectivity index (χ2n) is 7.85. The number of carbonyl (C=O) groups excluding carboxylic acids is 3. The van der Waals surface area contributed by atoms with Gasteiger partial charge in [0.1, 0.15) is 12.1 Å². The van der Waals surface area contributed by atoms with E-state index in [4.69, 9.17) is 0 Å².